The summed E-state index contributed by atoms with van der Waals surface area (Å²) in [6.45, 7) is 1.93. The summed E-state index contributed by atoms with van der Waals surface area (Å²) in [5, 5.41) is 14.2. The lowest BCUT2D eigenvalue weighted by Crippen LogP contribution is -2.15. The van der Waals surface area contributed by atoms with Gasteiger partial charge in [0.05, 0.1) is 18.8 Å². The van der Waals surface area contributed by atoms with Gasteiger partial charge in [0.1, 0.15) is 0 Å². The fourth-order valence-corrected chi connectivity index (χ4v) is 2.10. The summed E-state index contributed by atoms with van der Waals surface area (Å²) < 4.78 is 11.2. The number of methoxy groups -OCH3 is 2. The zero-order chi connectivity index (χ0) is 15.4. The van der Waals surface area contributed by atoms with E-state index in [9.17, 15) is 9.90 Å². The number of rotatable bonds is 5. The second-order valence-electron chi connectivity index (χ2n) is 4.57. The van der Waals surface area contributed by atoms with E-state index in [2.05, 4.69) is 9.84 Å². The van der Waals surface area contributed by atoms with Gasteiger partial charge >= 0.3 is 5.97 Å². The van der Waals surface area contributed by atoms with Crippen molar-refractivity contribution in [3.63, 3.8) is 0 Å². The molecule has 1 aromatic heterocycles. The van der Waals surface area contributed by atoms with Gasteiger partial charge in [0, 0.05) is 7.11 Å². The van der Waals surface area contributed by atoms with Crippen molar-refractivity contribution in [3.8, 4) is 0 Å². The maximum Gasteiger partial charge on any atom is 0.358 e. The molecule has 2 atom stereocenters. The molecule has 6 nitrogen and oxygen atoms in total. The lowest BCUT2D eigenvalue weighted by atomic mass is 10.1. The number of hydrogen-bond donors (Lipinski definition) is 1. The standard InChI is InChI=1S/C15H18N2O4/c1-10(11-7-5-4-6-8-11)17-13(15(19)21-3)9-12(16-17)14(18)20-2/h4-10,15,19H,1-3H3/t10-,15?/m0/s1. The van der Waals surface area contributed by atoms with E-state index in [-0.39, 0.29) is 11.7 Å². The largest absolute Gasteiger partial charge is 0.464 e. The Balaban J connectivity index is 2.45. The molecule has 1 aromatic carbocycles. The molecule has 21 heavy (non-hydrogen) atoms. The highest BCUT2D eigenvalue weighted by molar-refractivity contribution is 5.87. The molecule has 0 fully saturated rings. The Morgan fingerprint density at radius 1 is 1.29 bits per heavy atom. The van der Waals surface area contributed by atoms with Crippen LogP contribution in [0.25, 0.3) is 0 Å². The van der Waals surface area contributed by atoms with Crippen molar-refractivity contribution in [3.05, 3.63) is 53.3 Å². The van der Waals surface area contributed by atoms with Gasteiger partial charge in [-0.15, -0.1) is 0 Å². The van der Waals surface area contributed by atoms with Crippen LogP contribution >= 0.6 is 0 Å². The van der Waals surface area contributed by atoms with Crippen LogP contribution in [0.15, 0.2) is 36.4 Å². The zero-order valence-electron chi connectivity index (χ0n) is 12.2. The van der Waals surface area contributed by atoms with Gasteiger partial charge in [-0.1, -0.05) is 30.3 Å². The minimum absolute atomic E-state index is 0.131. The van der Waals surface area contributed by atoms with Gasteiger partial charge in [0.15, 0.2) is 12.0 Å². The molecule has 112 valence electrons. The van der Waals surface area contributed by atoms with E-state index >= 15 is 0 Å². The van der Waals surface area contributed by atoms with E-state index in [1.54, 1.807) is 4.68 Å². The van der Waals surface area contributed by atoms with Crippen molar-refractivity contribution in [2.24, 2.45) is 0 Å². The highest BCUT2D eigenvalue weighted by Gasteiger charge is 2.23. The molecule has 1 unspecified atom stereocenters. The molecule has 1 N–H and O–H groups in total. The molecule has 0 spiro atoms. The monoisotopic (exact) mass is 290 g/mol. The summed E-state index contributed by atoms with van der Waals surface area (Å²) in [5.41, 5.74) is 1.53. The van der Waals surface area contributed by atoms with Gasteiger partial charge in [-0.05, 0) is 18.6 Å². The topological polar surface area (TPSA) is 73.6 Å². The first-order valence-corrected chi connectivity index (χ1v) is 6.52. The van der Waals surface area contributed by atoms with Crippen molar-refractivity contribution >= 4 is 5.97 Å². The quantitative estimate of drug-likeness (QED) is 0.672. The Morgan fingerprint density at radius 3 is 2.52 bits per heavy atom. The summed E-state index contributed by atoms with van der Waals surface area (Å²) >= 11 is 0. The summed E-state index contributed by atoms with van der Waals surface area (Å²) in [6.07, 6.45) is -1.16. The number of nitrogens with zero attached hydrogens (tertiary/aromatic N) is 2. The molecule has 0 aliphatic heterocycles. The Bertz CT molecular complexity index is 609. The van der Waals surface area contributed by atoms with Gasteiger partial charge in [0.2, 0.25) is 0 Å². The molecular weight excluding hydrogens is 272 g/mol. The fraction of sp³-hybridized carbons (Fsp3) is 0.333. The minimum atomic E-state index is -1.16. The van der Waals surface area contributed by atoms with Gasteiger partial charge in [-0.3, -0.25) is 4.68 Å². The molecule has 6 heteroatoms. The van der Waals surface area contributed by atoms with E-state index in [1.165, 1.54) is 20.3 Å². The number of aliphatic hydroxyl groups excluding tert-OH is 1. The molecule has 0 aliphatic rings. The fourth-order valence-electron chi connectivity index (χ4n) is 2.10. The van der Waals surface area contributed by atoms with E-state index in [1.807, 2.05) is 37.3 Å². The number of hydrogen-bond acceptors (Lipinski definition) is 5. The predicted molar refractivity (Wildman–Crippen MR) is 75.8 cm³/mol. The summed E-state index contributed by atoms with van der Waals surface area (Å²) in [4.78, 5) is 11.6. The molecule has 1 heterocycles. The molecule has 0 aliphatic carbocycles. The SMILES string of the molecule is COC(=O)c1cc(C(O)OC)n([C@@H](C)c2ccccc2)n1. The number of ether oxygens (including phenoxy) is 2. The van der Waals surface area contributed by atoms with Crippen LogP contribution in [0.1, 0.15) is 41.0 Å². The van der Waals surface area contributed by atoms with Crippen molar-refractivity contribution in [1.29, 1.82) is 0 Å². The lowest BCUT2D eigenvalue weighted by molar-refractivity contribution is -0.0829. The smallest absolute Gasteiger partial charge is 0.358 e. The number of benzene rings is 1. The third kappa shape index (κ3) is 3.12. The summed E-state index contributed by atoms with van der Waals surface area (Å²) in [6, 6.07) is 11.0. The molecule has 0 saturated heterocycles. The van der Waals surface area contributed by atoms with Gasteiger partial charge in [-0.25, -0.2) is 4.79 Å². The van der Waals surface area contributed by atoms with E-state index < -0.39 is 12.3 Å². The Labute approximate surface area is 122 Å². The third-order valence-electron chi connectivity index (χ3n) is 3.28. The van der Waals surface area contributed by atoms with Crippen LogP contribution < -0.4 is 0 Å². The molecule has 2 aromatic rings. The predicted octanol–water partition coefficient (Wildman–Crippen LogP) is 1.92. The number of carbonyl (C=O) groups excluding carboxylic acids is 1. The van der Waals surface area contributed by atoms with Crippen LogP contribution in [-0.2, 0) is 9.47 Å². The van der Waals surface area contributed by atoms with E-state index in [4.69, 9.17) is 4.74 Å². The average Bonchev–Trinajstić information content (AvgIpc) is 2.98. The van der Waals surface area contributed by atoms with Gasteiger partial charge in [0.25, 0.3) is 0 Å². The Hall–Kier alpha value is -2.18. The Morgan fingerprint density at radius 2 is 1.95 bits per heavy atom. The van der Waals surface area contributed by atoms with Crippen molar-refractivity contribution in [2.75, 3.05) is 14.2 Å². The summed E-state index contributed by atoms with van der Waals surface area (Å²) in [7, 11) is 2.67. The molecule has 0 bridgehead atoms. The second-order valence-corrected chi connectivity index (χ2v) is 4.57. The maximum atomic E-state index is 11.6. The highest BCUT2D eigenvalue weighted by atomic mass is 16.6. The van der Waals surface area contributed by atoms with Crippen LogP contribution in [0.3, 0.4) is 0 Å². The van der Waals surface area contributed by atoms with Crippen LogP contribution in [0, 0.1) is 0 Å². The zero-order valence-corrected chi connectivity index (χ0v) is 12.2. The summed E-state index contributed by atoms with van der Waals surface area (Å²) in [5.74, 6) is -0.557. The van der Waals surface area contributed by atoms with Crippen molar-refractivity contribution in [1.82, 2.24) is 9.78 Å². The molecule has 0 amide bonds. The van der Waals surface area contributed by atoms with Crippen molar-refractivity contribution in [2.45, 2.75) is 19.3 Å². The van der Waals surface area contributed by atoms with Crippen LogP contribution in [0.5, 0.6) is 0 Å². The van der Waals surface area contributed by atoms with Crippen LogP contribution in [0.4, 0.5) is 0 Å². The third-order valence-corrected chi connectivity index (χ3v) is 3.28. The highest BCUT2D eigenvalue weighted by Crippen LogP contribution is 2.24. The first kappa shape index (κ1) is 15.2. The van der Waals surface area contributed by atoms with Gasteiger partial charge in [-0.2, -0.15) is 5.10 Å². The number of esters is 1. The molecule has 0 radical (unpaired) electrons. The number of aliphatic hydroxyl groups is 1. The van der Waals surface area contributed by atoms with Crippen molar-refractivity contribution < 1.29 is 19.4 Å². The lowest BCUT2D eigenvalue weighted by Gasteiger charge is -2.18. The first-order chi connectivity index (χ1) is 10.1. The first-order valence-electron chi connectivity index (χ1n) is 6.52. The second kappa shape index (κ2) is 6.51. The molecular formula is C15H18N2O4. The Kier molecular flexibility index (Phi) is 4.72. The molecule has 2 rings (SSSR count). The maximum absolute atomic E-state index is 11.6. The van der Waals surface area contributed by atoms with E-state index in [0.717, 1.165) is 5.56 Å². The number of aromatic nitrogens is 2. The van der Waals surface area contributed by atoms with Crippen LogP contribution in [-0.4, -0.2) is 35.1 Å². The minimum Gasteiger partial charge on any atom is -0.464 e. The van der Waals surface area contributed by atoms with Crippen LogP contribution in [0.2, 0.25) is 0 Å². The van der Waals surface area contributed by atoms with Gasteiger partial charge < -0.3 is 14.6 Å². The average molecular weight is 290 g/mol. The number of carbonyl (C=O) groups is 1. The molecule has 0 saturated carbocycles. The normalized spacial score (nSPS) is 13.7. The van der Waals surface area contributed by atoms with E-state index in [0.29, 0.717) is 5.69 Å².